The van der Waals surface area contributed by atoms with E-state index in [9.17, 15) is 4.21 Å². The van der Waals surface area contributed by atoms with Crippen molar-refractivity contribution in [3.05, 3.63) is 33.8 Å². The average molecular weight is 530 g/mol. The minimum atomic E-state index is -1.29. The highest BCUT2D eigenvalue weighted by Crippen LogP contribution is 2.61. The largest absolute Gasteiger partial charge is 0.381 e. The number of benzene rings is 1. The number of rotatable bonds is 4. The second-order valence-electron chi connectivity index (χ2n) is 10.8. The lowest BCUT2D eigenvalue weighted by Crippen LogP contribution is -2.65. The molecule has 0 saturated heterocycles. The second kappa shape index (κ2) is 8.79. The molecule has 0 aliphatic heterocycles. The number of ether oxygens (including phenoxy) is 1. The molecule has 1 N–H and O–H groups in total. The highest BCUT2D eigenvalue weighted by molar-refractivity contribution is 9.10. The molecule has 31 heavy (non-hydrogen) atoms. The number of nitrogens with zero attached hydrogens (tertiary/aromatic N) is 1. The Labute approximate surface area is 204 Å². The lowest BCUT2D eigenvalue weighted by molar-refractivity contribution is -0.0677. The van der Waals surface area contributed by atoms with E-state index in [-0.39, 0.29) is 11.5 Å². The summed E-state index contributed by atoms with van der Waals surface area (Å²) in [6.45, 7) is 10.6. The Hall–Kier alpha value is -0.340. The summed E-state index contributed by atoms with van der Waals surface area (Å²) in [6, 6.07) is 6.50. The SMILES string of the molecule is COC1[C@H](C)CC2(Cc3ccc(Br)cc3[C@@]2(N[S@](=O)C(C)(C)C)C(=S)N(C)C)C[C@@H]1C. The van der Waals surface area contributed by atoms with Crippen LogP contribution in [-0.4, -0.2) is 46.2 Å². The quantitative estimate of drug-likeness (QED) is 0.544. The van der Waals surface area contributed by atoms with Crippen LogP contribution >= 0.6 is 28.1 Å². The van der Waals surface area contributed by atoms with Crippen LogP contribution in [0.1, 0.15) is 58.6 Å². The molecule has 0 radical (unpaired) electrons. The first-order valence-electron chi connectivity index (χ1n) is 11.0. The monoisotopic (exact) mass is 528 g/mol. The topological polar surface area (TPSA) is 41.6 Å². The summed E-state index contributed by atoms with van der Waals surface area (Å²) in [7, 11) is 4.54. The maximum absolute atomic E-state index is 13.6. The summed E-state index contributed by atoms with van der Waals surface area (Å²) < 4.78 is 23.8. The molecule has 7 heteroatoms. The summed E-state index contributed by atoms with van der Waals surface area (Å²) in [5.74, 6) is 0.751. The predicted molar refractivity (Wildman–Crippen MR) is 138 cm³/mol. The van der Waals surface area contributed by atoms with Gasteiger partial charge in [0.25, 0.3) is 0 Å². The molecule has 0 heterocycles. The maximum Gasteiger partial charge on any atom is 0.112 e. The first kappa shape index (κ1) is 25.3. The van der Waals surface area contributed by atoms with Gasteiger partial charge < -0.3 is 9.64 Å². The van der Waals surface area contributed by atoms with Crippen LogP contribution in [0.25, 0.3) is 0 Å². The van der Waals surface area contributed by atoms with Gasteiger partial charge in [0.15, 0.2) is 0 Å². The van der Waals surface area contributed by atoms with Crippen molar-refractivity contribution in [2.45, 2.75) is 70.3 Å². The van der Waals surface area contributed by atoms with E-state index in [0.29, 0.717) is 11.8 Å². The van der Waals surface area contributed by atoms with E-state index in [0.717, 1.165) is 34.3 Å². The number of halogens is 1. The molecule has 0 aromatic heterocycles. The summed E-state index contributed by atoms with van der Waals surface area (Å²) in [5, 5.41) is 0. The molecule has 1 spiro atoms. The molecule has 4 nitrogen and oxygen atoms in total. The summed E-state index contributed by atoms with van der Waals surface area (Å²) >= 11 is 9.87. The Kier molecular flexibility index (Phi) is 7.17. The number of hydrogen-bond acceptors (Lipinski definition) is 3. The number of fused-ring (bicyclic) bond motifs is 1. The van der Waals surface area contributed by atoms with Crippen molar-refractivity contribution in [3.63, 3.8) is 0 Å². The third-order valence-corrected chi connectivity index (χ3v) is 9.92. The van der Waals surface area contributed by atoms with Gasteiger partial charge in [0, 0.05) is 31.1 Å². The zero-order valence-corrected chi connectivity index (χ0v) is 23.3. The van der Waals surface area contributed by atoms with E-state index in [1.165, 1.54) is 5.56 Å². The van der Waals surface area contributed by atoms with E-state index in [2.05, 4.69) is 52.7 Å². The first-order chi connectivity index (χ1) is 14.3. The molecular weight excluding hydrogens is 492 g/mol. The number of hydrogen-bond donors (Lipinski definition) is 1. The summed E-state index contributed by atoms with van der Waals surface area (Å²) in [4.78, 5) is 2.83. The lowest BCUT2D eigenvalue weighted by Gasteiger charge is -2.55. The van der Waals surface area contributed by atoms with Crippen molar-refractivity contribution in [1.29, 1.82) is 0 Å². The van der Waals surface area contributed by atoms with E-state index in [1.807, 2.05) is 46.9 Å². The van der Waals surface area contributed by atoms with Crippen molar-refractivity contribution in [1.82, 2.24) is 9.62 Å². The molecule has 0 bridgehead atoms. The van der Waals surface area contributed by atoms with E-state index in [4.69, 9.17) is 17.0 Å². The first-order valence-corrected chi connectivity index (χ1v) is 13.4. The van der Waals surface area contributed by atoms with Crippen molar-refractivity contribution in [2.24, 2.45) is 17.3 Å². The zero-order chi connectivity index (χ0) is 23.4. The highest BCUT2D eigenvalue weighted by atomic mass is 79.9. The van der Waals surface area contributed by atoms with Gasteiger partial charge in [-0.3, -0.25) is 0 Å². The number of nitrogens with one attached hydrogen (secondary N) is 1. The number of likely N-dealkylation sites (N-methyl/N-ethyl adjacent to an activating group) is 1. The molecule has 174 valence electrons. The van der Waals surface area contributed by atoms with E-state index < -0.39 is 21.3 Å². The van der Waals surface area contributed by atoms with Crippen LogP contribution in [0, 0.1) is 17.3 Å². The normalized spacial score (nSPS) is 33.9. The Morgan fingerprint density at radius 1 is 1.26 bits per heavy atom. The average Bonchev–Trinajstić information content (AvgIpc) is 2.89. The van der Waals surface area contributed by atoms with Crippen LogP contribution in [0.3, 0.4) is 0 Å². The summed E-state index contributed by atoms with van der Waals surface area (Å²) in [5.41, 5.74) is 1.59. The van der Waals surface area contributed by atoms with Gasteiger partial charge in [0.1, 0.15) is 10.5 Å². The second-order valence-corrected chi connectivity index (χ2v) is 14.0. The smallest absolute Gasteiger partial charge is 0.112 e. The van der Waals surface area contributed by atoms with Crippen molar-refractivity contribution < 1.29 is 8.95 Å². The lowest BCUT2D eigenvalue weighted by atomic mass is 9.56. The van der Waals surface area contributed by atoms with Crippen LogP contribution in [0.4, 0.5) is 0 Å². The van der Waals surface area contributed by atoms with Gasteiger partial charge in [-0.1, -0.05) is 48.1 Å². The van der Waals surface area contributed by atoms with E-state index in [1.54, 1.807) is 0 Å². The number of thiocarbonyl (C=S) groups is 1. The molecule has 1 fully saturated rings. The molecule has 1 aromatic carbocycles. The van der Waals surface area contributed by atoms with Gasteiger partial charge in [-0.05, 0) is 75.1 Å². The molecular formula is C24H37BrN2O2S2. The molecule has 3 rings (SSSR count). The van der Waals surface area contributed by atoms with Crippen LogP contribution in [0.5, 0.6) is 0 Å². The molecule has 1 aromatic rings. The fraction of sp³-hybridized carbons (Fsp3) is 0.708. The van der Waals surface area contributed by atoms with Gasteiger partial charge in [0.05, 0.1) is 21.8 Å². The Balaban J connectivity index is 2.29. The van der Waals surface area contributed by atoms with Gasteiger partial charge in [0.2, 0.25) is 0 Å². The molecule has 2 aliphatic rings. The molecule has 6 atom stereocenters. The Bertz CT molecular complexity index is 871. The maximum atomic E-state index is 13.6. The van der Waals surface area contributed by atoms with Crippen LogP contribution < -0.4 is 4.72 Å². The van der Waals surface area contributed by atoms with Gasteiger partial charge in [-0.2, -0.15) is 0 Å². The van der Waals surface area contributed by atoms with Gasteiger partial charge >= 0.3 is 0 Å². The fourth-order valence-corrected chi connectivity index (χ4v) is 7.85. The zero-order valence-electron chi connectivity index (χ0n) is 20.0. The van der Waals surface area contributed by atoms with Crippen LogP contribution in [0.2, 0.25) is 0 Å². The fourth-order valence-electron chi connectivity index (χ4n) is 6.04. The minimum absolute atomic E-state index is 0.174. The van der Waals surface area contributed by atoms with Crippen LogP contribution in [0.15, 0.2) is 22.7 Å². The molecule has 2 aliphatic carbocycles. The minimum Gasteiger partial charge on any atom is -0.381 e. The highest BCUT2D eigenvalue weighted by Gasteiger charge is 2.64. The van der Waals surface area contributed by atoms with Crippen molar-refractivity contribution >= 4 is 44.1 Å². The van der Waals surface area contributed by atoms with Gasteiger partial charge in [-0.15, -0.1) is 0 Å². The van der Waals surface area contributed by atoms with Crippen LogP contribution in [-0.2, 0) is 27.7 Å². The van der Waals surface area contributed by atoms with Crippen molar-refractivity contribution in [3.8, 4) is 0 Å². The van der Waals surface area contributed by atoms with Crippen molar-refractivity contribution in [2.75, 3.05) is 21.2 Å². The predicted octanol–water partition coefficient (Wildman–Crippen LogP) is 5.21. The third kappa shape index (κ3) is 4.18. The summed E-state index contributed by atoms with van der Waals surface area (Å²) in [6.07, 6.45) is 3.07. The van der Waals surface area contributed by atoms with Gasteiger partial charge in [-0.25, -0.2) is 8.93 Å². The third-order valence-electron chi connectivity index (χ3n) is 7.15. The molecule has 1 saturated carbocycles. The Morgan fingerprint density at radius 3 is 2.32 bits per heavy atom. The standard InChI is InChI=1S/C24H37BrN2O2S2/c1-15-12-23(13-16(2)20(15)29-8)14-17-9-10-18(25)11-19(17)24(23,21(30)27(6)7)26-31(28)22(3,4)5/h9-11,15-16,20,26H,12-14H2,1-8H3/t15-,16+,20?,23?,24-,31-/m1/s1. The molecule has 0 amide bonds. The van der Waals surface area contributed by atoms with E-state index >= 15 is 0 Å². The number of methoxy groups -OCH3 is 1. The Morgan fingerprint density at radius 2 is 1.84 bits per heavy atom. The molecule has 2 unspecified atom stereocenters.